The lowest BCUT2D eigenvalue weighted by molar-refractivity contribution is 0.178. The van der Waals surface area contributed by atoms with Gasteiger partial charge in [-0.3, -0.25) is 4.79 Å². The van der Waals surface area contributed by atoms with E-state index in [2.05, 4.69) is 17.3 Å². The minimum atomic E-state index is -0.0490. The van der Waals surface area contributed by atoms with E-state index in [-0.39, 0.29) is 17.6 Å². The fraction of sp³-hybridized carbons (Fsp3) is 0.733. The van der Waals surface area contributed by atoms with Gasteiger partial charge in [0.05, 0.1) is 25.3 Å². The molecular weight excluding hydrogens is 254 g/mol. The van der Waals surface area contributed by atoms with E-state index in [1.165, 1.54) is 25.7 Å². The molecule has 0 radical (unpaired) electrons. The third-order valence-corrected chi connectivity index (χ3v) is 4.57. The van der Waals surface area contributed by atoms with Crippen molar-refractivity contribution < 1.29 is 4.74 Å². The first-order valence-electron chi connectivity index (χ1n) is 7.61. The number of hydrogen-bond acceptors (Lipinski definition) is 4. The van der Waals surface area contributed by atoms with Crippen LogP contribution in [0.15, 0.2) is 23.1 Å². The molecule has 5 heteroatoms. The number of hydrogen-bond donors (Lipinski definition) is 1. The second-order valence-corrected chi connectivity index (χ2v) is 6.14. The predicted molar refractivity (Wildman–Crippen MR) is 76.7 cm³/mol. The van der Waals surface area contributed by atoms with E-state index in [1.807, 2.05) is 0 Å². The molecule has 2 fully saturated rings. The fourth-order valence-corrected chi connectivity index (χ4v) is 3.29. The van der Waals surface area contributed by atoms with Gasteiger partial charge in [0, 0.05) is 18.3 Å². The molecule has 0 amide bonds. The molecule has 5 nitrogen and oxygen atoms in total. The van der Waals surface area contributed by atoms with Gasteiger partial charge < -0.3 is 10.1 Å². The van der Waals surface area contributed by atoms with Gasteiger partial charge in [-0.05, 0) is 37.7 Å². The molecule has 1 N–H and O–H groups in total. The summed E-state index contributed by atoms with van der Waals surface area (Å²) >= 11 is 0. The zero-order chi connectivity index (χ0) is 13.9. The highest BCUT2D eigenvalue weighted by Gasteiger charge is 2.33. The Morgan fingerprint density at radius 3 is 2.85 bits per heavy atom. The Morgan fingerprint density at radius 2 is 2.10 bits per heavy atom. The Labute approximate surface area is 119 Å². The van der Waals surface area contributed by atoms with Crippen molar-refractivity contribution >= 4 is 0 Å². The number of nitrogens with one attached hydrogen (secondary N) is 1. The third-order valence-electron chi connectivity index (χ3n) is 4.57. The van der Waals surface area contributed by atoms with E-state index < -0.39 is 0 Å². The quantitative estimate of drug-likeness (QED) is 0.906. The van der Waals surface area contributed by atoms with Gasteiger partial charge in [-0.2, -0.15) is 5.10 Å². The van der Waals surface area contributed by atoms with Crippen molar-refractivity contribution in [3.63, 3.8) is 0 Å². The van der Waals surface area contributed by atoms with Crippen molar-refractivity contribution in [2.75, 3.05) is 13.2 Å². The summed E-state index contributed by atoms with van der Waals surface area (Å²) in [6.45, 7) is 3.56. The molecule has 0 aromatic carbocycles. The van der Waals surface area contributed by atoms with Crippen molar-refractivity contribution in [1.82, 2.24) is 15.1 Å². The monoisotopic (exact) mass is 277 g/mol. The Kier molecular flexibility index (Phi) is 4.17. The summed E-state index contributed by atoms with van der Waals surface area (Å²) in [4.78, 5) is 11.9. The Hall–Kier alpha value is -1.20. The number of nitrogens with zero attached hydrogens (tertiary/aromatic N) is 2. The summed E-state index contributed by atoms with van der Waals surface area (Å²) in [5, 5.41) is 7.89. The molecule has 2 unspecified atom stereocenters. The van der Waals surface area contributed by atoms with Crippen molar-refractivity contribution in [2.45, 2.75) is 50.7 Å². The largest absolute Gasteiger partial charge is 0.377 e. The first-order valence-corrected chi connectivity index (χ1v) is 7.61. The van der Waals surface area contributed by atoms with Crippen LogP contribution in [0.4, 0.5) is 0 Å². The van der Waals surface area contributed by atoms with Crippen molar-refractivity contribution in [1.29, 1.82) is 0 Å². The van der Waals surface area contributed by atoms with E-state index in [9.17, 15) is 4.79 Å². The van der Waals surface area contributed by atoms with Gasteiger partial charge in [-0.15, -0.1) is 0 Å². The number of aromatic nitrogens is 2. The zero-order valence-corrected chi connectivity index (χ0v) is 12.0. The van der Waals surface area contributed by atoms with Crippen LogP contribution in [0.3, 0.4) is 0 Å². The van der Waals surface area contributed by atoms with Gasteiger partial charge >= 0.3 is 0 Å². The van der Waals surface area contributed by atoms with Gasteiger partial charge in [-0.25, -0.2) is 4.68 Å². The molecule has 1 aromatic heterocycles. The number of rotatable bonds is 3. The second kappa shape index (κ2) is 6.06. The SMILES string of the molecule is CC1CCC(NC2COCC2n2ncccc2=O)CC1. The van der Waals surface area contributed by atoms with Crippen LogP contribution in [-0.2, 0) is 4.74 Å². The topological polar surface area (TPSA) is 56.1 Å². The maximum atomic E-state index is 11.9. The number of ether oxygens (including phenoxy) is 1. The maximum Gasteiger partial charge on any atom is 0.267 e. The lowest BCUT2D eigenvalue weighted by Crippen LogP contribution is -2.46. The molecule has 2 atom stereocenters. The summed E-state index contributed by atoms with van der Waals surface area (Å²) in [6.07, 6.45) is 6.70. The molecule has 1 saturated heterocycles. The standard InChI is InChI=1S/C15H23N3O2/c1-11-4-6-12(7-5-11)17-13-9-20-10-14(13)18-15(19)3-2-8-16-18/h2-3,8,11-14,17H,4-7,9-10H2,1H3. The van der Waals surface area contributed by atoms with Crippen molar-refractivity contribution in [2.24, 2.45) is 5.92 Å². The molecule has 3 rings (SSSR count). The predicted octanol–water partition coefficient (Wildman–Crippen LogP) is 1.35. The molecule has 1 aliphatic carbocycles. The molecule has 1 aliphatic heterocycles. The van der Waals surface area contributed by atoms with Crippen LogP contribution < -0.4 is 10.9 Å². The minimum Gasteiger partial charge on any atom is -0.377 e. The average molecular weight is 277 g/mol. The van der Waals surface area contributed by atoms with Crippen LogP contribution in [0.5, 0.6) is 0 Å². The normalized spacial score (nSPS) is 34.2. The molecule has 1 saturated carbocycles. The van der Waals surface area contributed by atoms with E-state index in [1.54, 1.807) is 23.0 Å². The van der Waals surface area contributed by atoms with Crippen LogP contribution >= 0.6 is 0 Å². The highest BCUT2D eigenvalue weighted by Crippen LogP contribution is 2.26. The van der Waals surface area contributed by atoms with Crippen LogP contribution in [0.1, 0.15) is 38.6 Å². The van der Waals surface area contributed by atoms with Gasteiger partial charge in [0.15, 0.2) is 0 Å². The molecule has 0 bridgehead atoms. The molecule has 1 aromatic rings. The van der Waals surface area contributed by atoms with Crippen molar-refractivity contribution in [3.8, 4) is 0 Å². The van der Waals surface area contributed by atoms with Crippen LogP contribution in [0.2, 0.25) is 0 Å². The maximum absolute atomic E-state index is 11.9. The minimum absolute atomic E-state index is 0.0167. The average Bonchev–Trinajstić information content (AvgIpc) is 2.90. The first kappa shape index (κ1) is 13.8. The smallest absolute Gasteiger partial charge is 0.267 e. The van der Waals surface area contributed by atoms with E-state index >= 15 is 0 Å². The summed E-state index contributed by atoms with van der Waals surface area (Å²) in [6, 6.07) is 4.01. The van der Waals surface area contributed by atoms with Gasteiger partial charge in [-0.1, -0.05) is 6.92 Å². The first-order chi connectivity index (χ1) is 9.74. The lowest BCUT2D eigenvalue weighted by atomic mass is 9.87. The Bertz CT molecular complexity index is 494. The third kappa shape index (κ3) is 2.94. The Balaban J connectivity index is 1.67. The molecule has 110 valence electrons. The molecule has 0 spiro atoms. The molecule has 2 aliphatic rings. The molecular formula is C15H23N3O2. The van der Waals surface area contributed by atoms with E-state index in [0.717, 1.165) is 5.92 Å². The van der Waals surface area contributed by atoms with E-state index in [0.29, 0.717) is 19.3 Å². The summed E-state index contributed by atoms with van der Waals surface area (Å²) < 4.78 is 7.15. The fourth-order valence-electron chi connectivity index (χ4n) is 3.29. The van der Waals surface area contributed by atoms with Gasteiger partial charge in [0.2, 0.25) is 0 Å². The second-order valence-electron chi connectivity index (χ2n) is 6.14. The highest BCUT2D eigenvalue weighted by atomic mass is 16.5. The van der Waals surface area contributed by atoms with E-state index in [4.69, 9.17) is 4.74 Å². The summed E-state index contributed by atoms with van der Waals surface area (Å²) in [5.41, 5.74) is -0.0490. The molecule has 20 heavy (non-hydrogen) atoms. The van der Waals surface area contributed by atoms with Gasteiger partial charge in [0.25, 0.3) is 5.56 Å². The highest BCUT2D eigenvalue weighted by molar-refractivity contribution is 4.93. The Morgan fingerprint density at radius 1 is 1.30 bits per heavy atom. The van der Waals surface area contributed by atoms with Crippen molar-refractivity contribution in [3.05, 3.63) is 28.7 Å². The van der Waals surface area contributed by atoms with Gasteiger partial charge in [0.1, 0.15) is 0 Å². The van der Waals surface area contributed by atoms with Crippen LogP contribution in [0.25, 0.3) is 0 Å². The lowest BCUT2D eigenvalue weighted by Gasteiger charge is -2.31. The zero-order valence-electron chi connectivity index (χ0n) is 12.0. The summed E-state index contributed by atoms with van der Waals surface area (Å²) in [7, 11) is 0. The summed E-state index contributed by atoms with van der Waals surface area (Å²) in [5.74, 6) is 0.849. The van der Waals surface area contributed by atoms with Crippen LogP contribution in [0, 0.1) is 5.92 Å². The van der Waals surface area contributed by atoms with Crippen LogP contribution in [-0.4, -0.2) is 35.1 Å². The molecule has 2 heterocycles.